The van der Waals surface area contributed by atoms with Crippen molar-refractivity contribution in [2.24, 2.45) is 0 Å². The number of hydrogen-bond acceptors (Lipinski definition) is 5. The van der Waals surface area contributed by atoms with Gasteiger partial charge in [-0.1, -0.05) is 41.1 Å². The quantitative estimate of drug-likeness (QED) is 0.554. The van der Waals surface area contributed by atoms with Crippen molar-refractivity contribution in [2.75, 3.05) is 44.2 Å². The van der Waals surface area contributed by atoms with Crippen LogP contribution in [0.1, 0.15) is 12.5 Å². The molecular formula is C24H27BrN4O2. The number of hydrogen-bond donors (Lipinski definition) is 1. The first-order valence-electron chi connectivity index (χ1n) is 10.6. The molecular weight excluding hydrogens is 456 g/mol. The van der Waals surface area contributed by atoms with Gasteiger partial charge in [-0.05, 0) is 53.2 Å². The van der Waals surface area contributed by atoms with Crippen molar-refractivity contribution < 1.29 is 9.53 Å². The number of rotatable bonds is 7. The van der Waals surface area contributed by atoms with Crippen molar-refractivity contribution in [3.05, 3.63) is 64.8 Å². The fourth-order valence-electron chi connectivity index (χ4n) is 3.69. The predicted molar refractivity (Wildman–Crippen MR) is 128 cm³/mol. The van der Waals surface area contributed by atoms with E-state index in [0.717, 1.165) is 59.4 Å². The van der Waals surface area contributed by atoms with E-state index in [0.29, 0.717) is 12.3 Å². The molecule has 0 spiro atoms. The number of piperazine rings is 1. The number of anilines is 1. The van der Waals surface area contributed by atoms with Gasteiger partial charge in [0.25, 0.3) is 5.91 Å². The highest BCUT2D eigenvalue weighted by Gasteiger charge is 2.16. The molecule has 2 aromatic carbocycles. The van der Waals surface area contributed by atoms with Crippen molar-refractivity contribution in [1.29, 1.82) is 0 Å². The molecule has 1 aliphatic heterocycles. The molecule has 1 fully saturated rings. The van der Waals surface area contributed by atoms with E-state index in [4.69, 9.17) is 4.74 Å². The lowest BCUT2D eigenvalue weighted by molar-refractivity contribution is -0.123. The fraction of sp³-hybridized carbons (Fsp3) is 0.333. The molecule has 7 heteroatoms. The number of benzene rings is 2. The van der Waals surface area contributed by atoms with E-state index in [2.05, 4.69) is 49.0 Å². The largest absolute Gasteiger partial charge is 0.484 e. The summed E-state index contributed by atoms with van der Waals surface area (Å²) in [6.45, 7) is 7.86. The highest BCUT2D eigenvalue weighted by molar-refractivity contribution is 9.10. The van der Waals surface area contributed by atoms with Crippen molar-refractivity contribution >= 4 is 38.4 Å². The summed E-state index contributed by atoms with van der Waals surface area (Å²) in [4.78, 5) is 21.5. The molecule has 162 valence electrons. The van der Waals surface area contributed by atoms with Gasteiger partial charge in [-0.15, -0.1) is 0 Å². The molecule has 6 nitrogen and oxygen atoms in total. The molecule has 0 aliphatic carbocycles. The molecule has 1 saturated heterocycles. The lowest BCUT2D eigenvalue weighted by Gasteiger charge is -2.34. The number of nitrogens with zero attached hydrogens (tertiary/aromatic N) is 3. The van der Waals surface area contributed by atoms with Crippen LogP contribution in [-0.4, -0.2) is 55.1 Å². The Morgan fingerprint density at radius 2 is 1.84 bits per heavy atom. The summed E-state index contributed by atoms with van der Waals surface area (Å²) >= 11 is 3.47. The second kappa shape index (κ2) is 10.1. The number of pyridine rings is 1. The Labute approximate surface area is 191 Å². The first-order valence-corrected chi connectivity index (χ1v) is 11.4. The maximum atomic E-state index is 12.2. The third-order valence-electron chi connectivity index (χ3n) is 5.59. The maximum Gasteiger partial charge on any atom is 0.258 e. The first-order chi connectivity index (χ1) is 15.1. The summed E-state index contributed by atoms with van der Waals surface area (Å²) in [5.41, 5.74) is 0.973. The predicted octanol–water partition coefficient (Wildman–Crippen LogP) is 3.83. The number of ether oxygens (including phenoxy) is 1. The van der Waals surface area contributed by atoms with Crippen LogP contribution in [0.25, 0.3) is 10.8 Å². The zero-order valence-corrected chi connectivity index (χ0v) is 19.3. The average molecular weight is 483 g/mol. The molecule has 0 bridgehead atoms. The van der Waals surface area contributed by atoms with Crippen LogP contribution in [0.5, 0.6) is 5.75 Å². The number of amides is 1. The van der Waals surface area contributed by atoms with Gasteiger partial charge < -0.3 is 19.9 Å². The molecule has 0 radical (unpaired) electrons. The third-order valence-corrected chi connectivity index (χ3v) is 6.08. The maximum absolute atomic E-state index is 12.2. The van der Waals surface area contributed by atoms with E-state index in [9.17, 15) is 4.79 Å². The Morgan fingerprint density at radius 1 is 1.06 bits per heavy atom. The zero-order valence-electron chi connectivity index (χ0n) is 17.7. The summed E-state index contributed by atoms with van der Waals surface area (Å²) < 4.78 is 6.70. The van der Waals surface area contributed by atoms with Gasteiger partial charge in [-0.3, -0.25) is 4.79 Å². The van der Waals surface area contributed by atoms with E-state index < -0.39 is 0 Å². The summed E-state index contributed by atoms with van der Waals surface area (Å²) in [7, 11) is 0. The fourth-order valence-corrected chi connectivity index (χ4v) is 4.07. The normalized spacial score (nSPS) is 14.6. The molecule has 2 heterocycles. The van der Waals surface area contributed by atoms with Crippen molar-refractivity contribution in [1.82, 2.24) is 15.2 Å². The summed E-state index contributed by atoms with van der Waals surface area (Å²) in [5.74, 6) is 1.52. The molecule has 4 rings (SSSR count). The average Bonchev–Trinajstić information content (AvgIpc) is 2.81. The van der Waals surface area contributed by atoms with E-state index in [1.807, 2.05) is 48.7 Å². The van der Waals surface area contributed by atoms with Crippen molar-refractivity contribution in [3.63, 3.8) is 0 Å². The Bertz CT molecular complexity index is 1030. The van der Waals surface area contributed by atoms with Crippen LogP contribution < -0.4 is 15.0 Å². The SMILES string of the molecule is CCN1CCN(c2ccc(CNC(=O)COc3ccc4cc(Br)ccc4c3)cn2)CC1. The Hall–Kier alpha value is -2.64. The van der Waals surface area contributed by atoms with Crippen molar-refractivity contribution in [2.45, 2.75) is 13.5 Å². The van der Waals surface area contributed by atoms with Gasteiger partial charge in [0.1, 0.15) is 11.6 Å². The summed E-state index contributed by atoms with van der Waals surface area (Å²) in [6.07, 6.45) is 1.84. The first kappa shape index (κ1) is 21.6. The Morgan fingerprint density at radius 3 is 2.58 bits per heavy atom. The van der Waals surface area contributed by atoms with Crippen LogP contribution in [0.4, 0.5) is 5.82 Å². The Balaban J connectivity index is 1.24. The number of aromatic nitrogens is 1. The molecule has 1 aliphatic rings. The topological polar surface area (TPSA) is 57.7 Å². The van der Waals surface area contributed by atoms with Crippen LogP contribution >= 0.6 is 15.9 Å². The van der Waals surface area contributed by atoms with Gasteiger partial charge in [0.15, 0.2) is 6.61 Å². The number of fused-ring (bicyclic) bond motifs is 1. The highest BCUT2D eigenvalue weighted by atomic mass is 79.9. The van der Waals surface area contributed by atoms with Crippen LogP contribution in [0, 0.1) is 0 Å². The molecule has 1 amide bonds. The lowest BCUT2D eigenvalue weighted by Crippen LogP contribution is -2.46. The second-order valence-electron chi connectivity index (χ2n) is 7.66. The Kier molecular flexibility index (Phi) is 7.04. The molecule has 3 aromatic rings. The second-order valence-corrected chi connectivity index (χ2v) is 8.58. The van der Waals surface area contributed by atoms with Crippen LogP contribution in [0.15, 0.2) is 59.2 Å². The minimum absolute atomic E-state index is 0.0186. The highest BCUT2D eigenvalue weighted by Crippen LogP contribution is 2.24. The number of likely N-dealkylation sites (N-methyl/N-ethyl adjacent to an activating group) is 1. The molecule has 0 saturated carbocycles. The minimum atomic E-state index is -0.157. The van der Waals surface area contributed by atoms with Gasteiger partial charge in [0.05, 0.1) is 0 Å². The molecule has 1 N–H and O–H groups in total. The number of carbonyl (C=O) groups is 1. The summed E-state index contributed by atoms with van der Waals surface area (Å²) in [5, 5.41) is 5.09. The van der Waals surface area contributed by atoms with Gasteiger partial charge >= 0.3 is 0 Å². The summed E-state index contributed by atoms with van der Waals surface area (Å²) in [6, 6.07) is 15.9. The van der Waals surface area contributed by atoms with Gasteiger partial charge in [0.2, 0.25) is 0 Å². The van der Waals surface area contributed by atoms with Gasteiger partial charge in [-0.2, -0.15) is 0 Å². The number of carbonyl (C=O) groups excluding carboxylic acids is 1. The third kappa shape index (κ3) is 5.74. The van der Waals surface area contributed by atoms with Crippen LogP contribution in [-0.2, 0) is 11.3 Å². The molecule has 1 aromatic heterocycles. The lowest BCUT2D eigenvalue weighted by atomic mass is 10.1. The van der Waals surface area contributed by atoms with Crippen LogP contribution in [0.3, 0.4) is 0 Å². The molecule has 31 heavy (non-hydrogen) atoms. The van der Waals surface area contributed by atoms with E-state index >= 15 is 0 Å². The van der Waals surface area contributed by atoms with Gasteiger partial charge in [-0.25, -0.2) is 4.98 Å². The number of nitrogens with one attached hydrogen (secondary N) is 1. The van der Waals surface area contributed by atoms with Gasteiger partial charge in [0, 0.05) is 43.4 Å². The minimum Gasteiger partial charge on any atom is -0.484 e. The molecule has 0 atom stereocenters. The van der Waals surface area contributed by atoms with Crippen molar-refractivity contribution in [3.8, 4) is 5.75 Å². The number of halogens is 1. The smallest absolute Gasteiger partial charge is 0.258 e. The van der Waals surface area contributed by atoms with E-state index in [1.165, 1.54) is 0 Å². The van der Waals surface area contributed by atoms with E-state index in [-0.39, 0.29) is 12.5 Å². The standard InChI is InChI=1S/C24H27BrN4O2/c1-2-28-9-11-29(12-10-28)23-8-3-18(15-26-23)16-27-24(30)17-31-22-7-5-19-13-21(25)6-4-20(19)14-22/h3-8,13-15H,2,9-12,16-17H2,1H3,(H,27,30). The van der Waals surface area contributed by atoms with Crippen LogP contribution in [0.2, 0.25) is 0 Å². The van der Waals surface area contributed by atoms with E-state index in [1.54, 1.807) is 0 Å². The monoisotopic (exact) mass is 482 g/mol. The zero-order chi connectivity index (χ0) is 21.6. The molecule has 0 unspecified atom stereocenters.